The van der Waals surface area contributed by atoms with E-state index in [1.54, 1.807) is 0 Å². The van der Waals surface area contributed by atoms with Crippen molar-refractivity contribution < 1.29 is 0 Å². The smallest absolute Gasteiger partial charge is 0.00205 e. The van der Waals surface area contributed by atoms with E-state index < -0.39 is 0 Å². The minimum atomic E-state index is 0.805. The molecule has 0 radical (unpaired) electrons. The molecule has 23 heavy (non-hydrogen) atoms. The summed E-state index contributed by atoms with van der Waals surface area (Å²) < 4.78 is 0. The lowest BCUT2D eigenvalue weighted by molar-refractivity contribution is 0.384. The van der Waals surface area contributed by atoms with Gasteiger partial charge in [-0.05, 0) is 70.7 Å². The third-order valence-electron chi connectivity index (χ3n) is 5.17. The van der Waals surface area contributed by atoms with E-state index in [9.17, 15) is 0 Å². The molecule has 0 aliphatic carbocycles. The summed E-state index contributed by atoms with van der Waals surface area (Å²) in [7, 11) is 0. The van der Waals surface area contributed by atoms with Crippen LogP contribution in [0.3, 0.4) is 0 Å². The van der Waals surface area contributed by atoms with Crippen molar-refractivity contribution in [1.82, 2.24) is 10.6 Å². The Balaban J connectivity index is 2.15. The maximum atomic E-state index is 5.53. The summed E-state index contributed by atoms with van der Waals surface area (Å²) in [5, 5.41) is 7.25. The van der Waals surface area contributed by atoms with Gasteiger partial charge < -0.3 is 16.4 Å². The van der Waals surface area contributed by atoms with Crippen LogP contribution in [0.25, 0.3) is 0 Å². The van der Waals surface area contributed by atoms with Crippen molar-refractivity contribution >= 4 is 0 Å². The molecule has 1 heterocycles. The topological polar surface area (TPSA) is 50.1 Å². The van der Waals surface area contributed by atoms with Crippen LogP contribution in [0.1, 0.15) is 89.9 Å². The number of rotatable bonds is 7. The summed E-state index contributed by atoms with van der Waals surface area (Å²) in [5.41, 5.74) is 5.53. The Labute approximate surface area is 145 Å². The Morgan fingerprint density at radius 3 is 2.09 bits per heavy atom. The minimum absolute atomic E-state index is 0.805. The average molecular weight is 326 g/mol. The first-order chi connectivity index (χ1) is 11.4. The zero-order valence-corrected chi connectivity index (χ0v) is 15.6. The molecule has 0 aromatic rings. The Hall–Kier alpha value is -0.120. The van der Waals surface area contributed by atoms with Gasteiger partial charge in [-0.25, -0.2) is 0 Å². The number of nitrogens with two attached hydrogens (primary N) is 1. The molecule has 1 atom stereocenters. The molecule has 1 aliphatic rings. The normalized spacial score (nSPS) is 23.1. The molecule has 3 nitrogen and oxygen atoms in total. The molecule has 0 saturated carbocycles. The van der Waals surface area contributed by atoms with Crippen molar-refractivity contribution in [2.45, 2.75) is 89.9 Å². The van der Waals surface area contributed by atoms with Crippen molar-refractivity contribution in [3.05, 3.63) is 0 Å². The molecule has 0 spiro atoms. The maximum Gasteiger partial charge on any atom is -0.00205 e. The first kappa shape index (κ1) is 20.9. The molecular formula is C20H43N3. The number of hydrogen-bond acceptors (Lipinski definition) is 3. The van der Waals surface area contributed by atoms with Crippen LogP contribution in [0.5, 0.6) is 0 Å². The van der Waals surface area contributed by atoms with E-state index in [4.69, 9.17) is 5.73 Å². The first-order valence-electron chi connectivity index (χ1n) is 10.5. The van der Waals surface area contributed by atoms with Crippen LogP contribution in [0, 0.1) is 5.92 Å². The molecule has 0 aromatic heterocycles. The van der Waals surface area contributed by atoms with Gasteiger partial charge in [0.15, 0.2) is 0 Å². The Bertz CT molecular complexity index is 217. The molecule has 0 amide bonds. The highest BCUT2D eigenvalue weighted by Crippen LogP contribution is 2.17. The standard InChI is InChI=1S/C20H43N3/c21-15-12-18-22-17-11-14-20-13-9-7-5-3-1-2-4-6-8-10-16-23-19-20/h20,22-23H,1-19,21H2/t20-/m1/s1. The molecule has 0 aromatic carbocycles. The molecular weight excluding hydrogens is 282 g/mol. The predicted molar refractivity (Wildman–Crippen MR) is 103 cm³/mol. The number of nitrogens with one attached hydrogen (secondary N) is 2. The SMILES string of the molecule is NCCCNCCC[C@H]1CCCCCCCCCCCCNC1. The summed E-state index contributed by atoms with van der Waals surface area (Å²) >= 11 is 0. The summed E-state index contributed by atoms with van der Waals surface area (Å²) in [4.78, 5) is 0. The fraction of sp³-hybridized carbons (Fsp3) is 1.00. The highest BCUT2D eigenvalue weighted by molar-refractivity contribution is 4.65. The molecule has 3 heteroatoms. The van der Waals surface area contributed by atoms with E-state index >= 15 is 0 Å². The van der Waals surface area contributed by atoms with Crippen LogP contribution < -0.4 is 16.4 Å². The Morgan fingerprint density at radius 2 is 1.39 bits per heavy atom. The van der Waals surface area contributed by atoms with Gasteiger partial charge in [0.25, 0.3) is 0 Å². The molecule has 1 aliphatic heterocycles. The second-order valence-electron chi connectivity index (χ2n) is 7.43. The molecule has 0 unspecified atom stereocenters. The van der Waals surface area contributed by atoms with Gasteiger partial charge in [0.2, 0.25) is 0 Å². The van der Waals surface area contributed by atoms with E-state index in [-0.39, 0.29) is 0 Å². The van der Waals surface area contributed by atoms with Crippen molar-refractivity contribution in [2.75, 3.05) is 32.7 Å². The summed E-state index contributed by atoms with van der Waals surface area (Å²) in [5.74, 6) is 0.886. The van der Waals surface area contributed by atoms with Crippen LogP contribution in [0.15, 0.2) is 0 Å². The van der Waals surface area contributed by atoms with Gasteiger partial charge in [0.05, 0.1) is 0 Å². The van der Waals surface area contributed by atoms with Gasteiger partial charge in [0, 0.05) is 0 Å². The van der Waals surface area contributed by atoms with Gasteiger partial charge in [-0.15, -0.1) is 0 Å². The van der Waals surface area contributed by atoms with Crippen molar-refractivity contribution in [1.29, 1.82) is 0 Å². The highest BCUT2D eigenvalue weighted by atomic mass is 14.9. The van der Waals surface area contributed by atoms with Gasteiger partial charge in [-0.3, -0.25) is 0 Å². The lowest BCUT2D eigenvalue weighted by atomic mass is 9.95. The maximum absolute atomic E-state index is 5.53. The summed E-state index contributed by atoms with van der Waals surface area (Å²) in [6.45, 7) is 5.52. The fourth-order valence-electron chi connectivity index (χ4n) is 3.62. The Kier molecular flexibility index (Phi) is 15.2. The monoisotopic (exact) mass is 325 g/mol. The van der Waals surface area contributed by atoms with E-state index in [0.29, 0.717) is 0 Å². The molecule has 1 saturated heterocycles. The quantitative estimate of drug-likeness (QED) is 0.614. The molecule has 138 valence electrons. The zero-order valence-electron chi connectivity index (χ0n) is 15.6. The van der Waals surface area contributed by atoms with E-state index in [1.165, 1.54) is 96.6 Å². The second kappa shape index (κ2) is 16.7. The van der Waals surface area contributed by atoms with Crippen LogP contribution >= 0.6 is 0 Å². The van der Waals surface area contributed by atoms with Gasteiger partial charge in [-0.2, -0.15) is 0 Å². The van der Waals surface area contributed by atoms with Gasteiger partial charge >= 0.3 is 0 Å². The van der Waals surface area contributed by atoms with Gasteiger partial charge in [-0.1, -0.05) is 57.8 Å². The van der Waals surface area contributed by atoms with Crippen molar-refractivity contribution in [2.24, 2.45) is 11.7 Å². The van der Waals surface area contributed by atoms with Crippen LogP contribution in [0.2, 0.25) is 0 Å². The lowest BCUT2D eigenvalue weighted by Gasteiger charge is -2.18. The third kappa shape index (κ3) is 14.0. The van der Waals surface area contributed by atoms with Crippen molar-refractivity contribution in [3.63, 3.8) is 0 Å². The summed E-state index contributed by atoms with van der Waals surface area (Å²) in [6.07, 6.45) is 19.7. The van der Waals surface area contributed by atoms with Crippen molar-refractivity contribution in [3.8, 4) is 0 Å². The molecule has 1 rings (SSSR count). The Morgan fingerprint density at radius 1 is 0.783 bits per heavy atom. The first-order valence-corrected chi connectivity index (χ1v) is 10.5. The van der Waals surface area contributed by atoms with E-state index in [2.05, 4.69) is 10.6 Å². The largest absolute Gasteiger partial charge is 0.330 e. The van der Waals surface area contributed by atoms with E-state index in [1.807, 2.05) is 0 Å². The molecule has 0 bridgehead atoms. The predicted octanol–water partition coefficient (Wildman–Crippen LogP) is 4.22. The lowest BCUT2D eigenvalue weighted by Crippen LogP contribution is -2.25. The van der Waals surface area contributed by atoms with Gasteiger partial charge in [0.1, 0.15) is 0 Å². The average Bonchev–Trinajstić information content (AvgIpc) is 2.57. The third-order valence-corrected chi connectivity index (χ3v) is 5.17. The molecule has 1 fully saturated rings. The zero-order chi connectivity index (χ0) is 16.4. The minimum Gasteiger partial charge on any atom is -0.330 e. The van der Waals surface area contributed by atoms with E-state index in [0.717, 1.165) is 32.0 Å². The highest BCUT2D eigenvalue weighted by Gasteiger charge is 2.08. The van der Waals surface area contributed by atoms with Crippen LogP contribution in [0.4, 0.5) is 0 Å². The summed E-state index contributed by atoms with van der Waals surface area (Å²) in [6, 6.07) is 0. The second-order valence-corrected chi connectivity index (χ2v) is 7.43. The van der Waals surface area contributed by atoms with Crippen LogP contribution in [-0.4, -0.2) is 32.7 Å². The molecule has 4 N–H and O–H groups in total. The number of hydrogen-bond donors (Lipinski definition) is 3. The van der Waals surface area contributed by atoms with Crippen LogP contribution in [-0.2, 0) is 0 Å². The fourth-order valence-corrected chi connectivity index (χ4v) is 3.62.